The number of rotatable bonds is 10. The third-order valence-corrected chi connectivity index (χ3v) is 4.93. The van der Waals surface area contributed by atoms with Gasteiger partial charge in [0, 0.05) is 18.7 Å². The van der Waals surface area contributed by atoms with Crippen LogP contribution in [0.5, 0.6) is 0 Å². The molecule has 8 heteroatoms. The lowest BCUT2D eigenvalue weighted by Gasteiger charge is -2.31. The number of nitrogens with two attached hydrogens (primary N) is 1. The molecule has 0 saturated carbocycles. The number of hydrogen-bond donors (Lipinski definition) is 2. The summed E-state index contributed by atoms with van der Waals surface area (Å²) in [6, 6.07) is -0.548. The molecule has 0 aromatic heterocycles. The molecule has 1 saturated heterocycles. The predicted molar refractivity (Wildman–Crippen MR) is 89.7 cm³/mol. The van der Waals surface area contributed by atoms with Gasteiger partial charge < -0.3 is 11.1 Å². The van der Waals surface area contributed by atoms with E-state index in [1.165, 1.54) is 23.7 Å². The number of Topliss-reactive ketones (excluding diaryl/α,β-unsaturated/α-hetero) is 1. The van der Waals surface area contributed by atoms with E-state index < -0.39 is 6.04 Å². The maximum Gasteiger partial charge on any atom is 0.259 e. The largest absolute Gasteiger partial charge is 0.356 e. The molecular formula is C15H27N3O4S. The zero-order valence-electron chi connectivity index (χ0n) is 13.9. The molecule has 23 heavy (non-hydrogen) atoms. The van der Waals surface area contributed by atoms with Crippen molar-refractivity contribution in [2.24, 2.45) is 5.73 Å². The molecule has 7 nitrogen and oxygen atoms in total. The summed E-state index contributed by atoms with van der Waals surface area (Å²) in [4.78, 5) is 40.5. The smallest absolute Gasteiger partial charge is 0.259 e. The third-order valence-electron chi connectivity index (χ3n) is 3.54. The molecular weight excluding hydrogens is 318 g/mol. The zero-order valence-corrected chi connectivity index (χ0v) is 14.7. The van der Waals surface area contributed by atoms with Crippen molar-refractivity contribution in [2.45, 2.75) is 50.8 Å². The van der Waals surface area contributed by atoms with Crippen molar-refractivity contribution in [3.8, 4) is 0 Å². The number of unbranched alkanes of at least 4 members (excludes halogenated alkanes) is 1. The number of hydroxylamine groups is 2. The lowest BCUT2D eigenvalue weighted by molar-refractivity contribution is -0.197. The number of carbonyl (C=O) groups excluding carboxylic acids is 3. The lowest BCUT2D eigenvalue weighted by Crippen LogP contribution is -2.45. The first-order chi connectivity index (χ1) is 11.0. The average molecular weight is 345 g/mol. The molecule has 1 rings (SSSR count). The normalized spacial score (nSPS) is 19.5. The molecule has 0 radical (unpaired) electrons. The summed E-state index contributed by atoms with van der Waals surface area (Å²) in [5.74, 6) is 0.0936. The van der Waals surface area contributed by atoms with Crippen LogP contribution in [0.4, 0.5) is 0 Å². The lowest BCUT2D eigenvalue weighted by atomic mass is 10.2. The van der Waals surface area contributed by atoms with Crippen LogP contribution in [0.2, 0.25) is 0 Å². The Hall–Kier alpha value is -1.12. The minimum absolute atomic E-state index is 0.0803. The van der Waals surface area contributed by atoms with Gasteiger partial charge in [-0.3, -0.25) is 19.2 Å². The van der Waals surface area contributed by atoms with Crippen LogP contribution in [0.3, 0.4) is 0 Å². The van der Waals surface area contributed by atoms with E-state index in [1.807, 2.05) is 0 Å². The first kappa shape index (κ1) is 19.9. The summed E-state index contributed by atoms with van der Waals surface area (Å²) in [6.07, 6.45) is 2.78. The number of ketones is 1. The number of carbonyl (C=O) groups is 3. The van der Waals surface area contributed by atoms with E-state index in [1.54, 1.807) is 0 Å². The van der Waals surface area contributed by atoms with Gasteiger partial charge in [-0.2, -0.15) is 0 Å². The summed E-state index contributed by atoms with van der Waals surface area (Å²) < 4.78 is 0. The van der Waals surface area contributed by atoms with Gasteiger partial charge in [0.2, 0.25) is 5.91 Å². The van der Waals surface area contributed by atoms with Crippen molar-refractivity contribution in [1.29, 1.82) is 0 Å². The monoisotopic (exact) mass is 345 g/mol. The highest BCUT2D eigenvalue weighted by Crippen LogP contribution is 2.22. The second-order valence-corrected chi connectivity index (χ2v) is 6.79. The quantitative estimate of drug-likeness (QED) is 0.558. The van der Waals surface area contributed by atoms with Crippen molar-refractivity contribution in [3.63, 3.8) is 0 Å². The van der Waals surface area contributed by atoms with Crippen molar-refractivity contribution >= 4 is 29.4 Å². The van der Waals surface area contributed by atoms with Crippen LogP contribution in [-0.2, 0) is 19.2 Å². The Morgan fingerprint density at radius 1 is 1.52 bits per heavy atom. The van der Waals surface area contributed by atoms with Gasteiger partial charge in [0.15, 0.2) is 0 Å². The van der Waals surface area contributed by atoms with Gasteiger partial charge in [-0.1, -0.05) is 13.3 Å². The fourth-order valence-corrected chi connectivity index (χ4v) is 3.18. The average Bonchev–Trinajstić information content (AvgIpc) is 2.52. The van der Waals surface area contributed by atoms with Crippen LogP contribution in [0.25, 0.3) is 0 Å². The van der Waals surface area contributed by atoms with Gasteiger partial charge in [0.25, 0.3) is 5.91 Å². The van der Waals surface area contributed by atoms with Crippen molar-refractivity contribution in [1.82, 2.24) is 10.4 Å². The van der Waals surface area contributed by atoms with E-state index in [0.29, 0.717) is 25.3 Å². The van der Waals surface area contributed by atoms with E-state index >= 15 is 0 Å². The number of nitrogens with zero attached hydrogens (tertiary/aromatic N) is 1. The summed E-state index contributed by atoms with van der Waals surface area (Å²) in [7, 11) is 0. The molecule has 0 spiro atoms. The van der Waals surface area contributed by atoms with Gasteiger partial charge in [-0.25, -0.2) is 5.06 Å². The van der Waals surface area contributed by atoms with Crippen LogP contribution in [0.1, 0.15) is 39.5 Å². The van der Waals surface area contributed by atoms with Gasteiger partial charge in [-0.05, 0) is 19.8 Å². The van der Waals surface area contributed by atoms with Crippen LogP contribution in [0.15, 0.2) is 0 Å². The second kappa shape index (κ2) is 10.6. The highest BCUT2D eigenvalue weighted by atomic mass is 32.2. The molecule has 132 valence electrons. The maximum atomic E-state index is 12.3. The van der Waals surface area contributed by atoms with E-state index in [9.17, 15) is 14.4 Å². The molecule has 3 N–H and O–H groups in total. The maximum absolute atomic E-state index is 12.3. The Kier molecular flexibility index (Phi) is 9.20. The van der Waals surface area contributed by atoms with Crippen LogP contribution in [0, 0.1) is 0 Å². The van der Waals surface area contributed by atoms with Gasteiger partial charge in [-0.15, -0.1) is 11.8 Å². The topological polar surface area (TPSA) is 102 Å². The van der Waals surface area contributed by atoms with E-state index in [2.05, 4.69) is 12.2 Å². The number of nitrogens with one attached hydrogen (secondary N) is 1. The Bertz CT molecular complexity index is 420. The molecule has 0 bridgehead atoms. The molecule has 1 aliphatic rings. The zero-order chi connectivity index (χ0) is 17.2. The fraction of sp³-hybridized carbons (Fsp3) is 0.800. The van der Waals surface area contributed by atoms with Crippen molar-refractivity contribution in [3.05, 3.63) is 0 Å². The van der Waals surface area contributed by atoms with Gasteiger partial charge >= 0.3 is 0 Å². The molecule has 1 fully saturated rings. The van der Waals surface area contributed by atoms with E-state index in [-0.39, 0.29) is 35.8 Å². The van der Waals surface area contributed by atoms with Crippen LogP contribution in [-0.4, -0.2) is 59.4 Å². The molecule has 0 aromatic rings. The van der Waals surface area contributed by atoms with E-state index in [0.717, 1.165) is 12.8 Å². The highest BCUT2D eigenvalue weighted by Gasteiger charge is 2.31. The standard InChI is InChI=1S/C15H27N3O4S/c1-3-4-7-17-14(20)5-8-18-15(21)13(6-9-22-18)23-10-12(16)11(2)19/h12-13H,3-10,16H2,1-2H3,(H,17,20). The Morgan fingerprint density at radius 2 is 2.26 bits per heavy atom. The Labute approximate surface area is 141 Å². The molecule has 1 heterocycles. The first-order valence-corrected chi connectivity index (χ1v) is 9.09. The second-order valence-electron chi connectivity index (χ2n) is 5.55. The third kappa shape index (κ3) is 7.32. The SMILES string of the molecule is CCCCNC(=O)CCN1OCCC(SCC(N)C(C)=O)C1=O. The van der Waals surface area contributed by atoms with Crippen molar-refractivity contribution in [2.75, 3.05) is 25.4 Å². The molecule has 2 atom stereocenters. The molecule has 2 unspecified atom stereocenters. The van der Waals surface area contributed by atoms with Crippen LogP contribution < -0.4 is 11.1 Å². The highest BCUT2D eigenvalue weighted by molar-refractivity contribution is 8.00. The molecule has 0 aromatic carbocycles. The van der Waals surface area contributed by atoms with Gasteiger partial charge in [0.05, 0.1) is 24.4 Å². The summed E-state index contributed by atoms with van der Waals surface area (Å²) in [6.45, 7) is 4.83. The summed E-state index contributed by atoms with van der Waals surface area (Å²) >= 11 is 1.38. The Morgan fingerprint density at radius 3 is 2.91 bits per heavy atom. The molecule has 1 aliphatic heterocycles. The molecule has 2 amide bonds. The predicted octanol–water partition coefficient (Wildman–Crippen LogP) is 0.475. The van der Waals surface area contributed by atoms with Gasteiger partial charge in [0.1, 0.15) is 5.78 Å². The number of amides is 2. The van der Waals surface area contributed by atoms with Crippen molar-refractivity contribution < 1.29 is 19.2 Å². The Balaban J connectivity index is 2.35. The summed E-state index contributed by atoms with van der Waals surface area (Å²) in [5.41, 5.74) is 5.69. The minimum atomic E-state index is -0.548. The fourth-order valence-electron chi connectivity index (χ4n) is 1.98. The van der Waals surface area contributed by atoms with Crippen LogP contribution >= 0.6 is 11.8 Å². The molecule has 0 aliphatic carbocycles. The number of hydrogen-bond acceptors (Lipinski definition) is 6. The first-order valence-electron chi connectivity index (χ1n) is 8.04. The minimum Gasteiger partial charge on any atom is -0.356 e. The number of thioether (sulfide) groups is 1. The summed E-state index contributed by atoms with van der Waals surface area (Å²) in [5, 5.41) is 3.81. The van der Waals surface area contributed by atoms with E-state index in [4.69, 9.17) is 10.6 Å².